The van der Waals surface area contributed by atoms with E-state index in [-0.39, 0.29) is 11.9 Å². The molecule has 1 saturated carbocycles. The van der Waals surface area contributed by atoms with Gasteiger partial charge in [-0.2, -0.15) is 5.26 Å². The number of benzene rings is 1. The van der Waals surface area contributed by atoms with E-state index in [2.05, 4.69) is 36.5 Å². The Morgan fingerprint density at radius 3 is 2.76 bits per heavy atom. The van der Waals surface area contributed by atoms with Gasteiger partial charge in [0.25, 0.3) is 0 Å². The number of nitrogens with zero attached hydrogens (tertiary/aromatic N) is 3. The molecule has 0 saturated heterocycles. The number of nitrogens with one attached hydrogen (secondary N) is 2. The molecule has 2 aromatic rings. The van der Waals surface area contributed by atoms with Gasteiger partial charge in [0.2, 0.25) is 5.82 Å². The van der Waals surface area contributed by atoms with Crippen LogP contribution >= 0.6 is 15.9 Å². The van der Waals surface area contributed by atoms with Crippen molar-refractivity contribution in [3.05, 3.63) is 52.5 Å². The van der Waals surface area contributed by atoms with Crippen LogP contribution in [0.2, 0.25) is 0 Å². The lowest BCUT2D eigenvalue weighted by Crippen LogP contribution is -2.49. The maximum Gasteiger partial charge on any atom is 0.319 e. The lowest BCUT2D eigenvalue weighted by Gasteiger charge is -2.37. The molecule has 0 atom stereocenters. The zero-order chi connectivity index (χ0) is 17.7. The average molecular weight is 400 g/mol. The quantitative estimate of drug-likeness (QED) is 0.812. The minimum Gasteiger partial charge on any atom is -0.327 e. The highest BCUT2D eigenvalue weighted by atomic mass is 79.9. The van der Waals surface area contributed by atoms with Crippen LogP contribution < -0.4 is 10.6 Å². The minimum absolute atomic E-state index is 0.122. The molecular formula is C18H18BrN5O. The number of nitriles is 1. The second-order valence-electron chi connectivity index (χ2n) is 6.11. The normalized spacial score (nSPS) is 15.8. The van der Waals surface area contributed by atoms with E-state index < -0.39 is 5.54 Å². The minimum atomic E-state index is -0.567. The van der Waals surface area contributed by atoms with Crippen molar-refractivity contribution in [2.75, 3.05) is 5.32 Å². The van der Waals surface area contributed by atoms with Crippen LogP contribution in [0.15, 0.2) is 41.0 Å². The van der Waals surface area contributed by atoms with Gasteiger partial charge >= 0.3 is 6.03 Å². The van der Waals surface area contributed by atoms with Crippen molar-refractivity contribution < 1.29 is 4.79 Å². The second kappa shape index (κ2) is 7.62. The summed E-state index contributed by atoms with van der Waals surface area (Å²) < 4.78 is 0.896. The highest BCUT2D eigenvalue weighted by Gasteiger charge is 2.37. The van der Waals surface area contributed by atoms with Crippen LogP contribution in [0.4, 0.5) is 10.5 Å². The van der Waals surface area contributed by atoms with Gasteiger partial charge in [-0.15, -0.1) is 0 Å². The smallest absolute Gasteiger partial charge is 0.319 e. The van der Waals surface area contributed by atoms with Crippen molar-refractivity contribution in [3.63, 3.8) is 0 Å². The molecule has 25 heavy (non-hydrogen) atoms. The summed E-state index contributed by atoms with van der Waals surface area (Å²) in [4.78, 5) is 20.9. The Morgan fingerprint density at radius 2 is 2.04 bits per heavy atom. The van der Waals surface area contributed by atoms with Crippen LogP contribution in [-0.2, 0) is 5.54 Å². The predicted octanol–water partition coefficient (Wildman–Crippen LogP) is 4.09. The topological polar surface area (TPSA) is 90.7 Å². The summed E-state index contributed by atoms with van der Waals surface area (Å²) in [7, 11) is 0. The fourth-order valence-corrected chi connectivity index (χ4v) is 3.62. The van der Waals surface area contributed by atoms with E-state index in [1.807, 2.05) is 30.3 Å². The zero-order valence-corrected chi connectivity index (χ0v) is 15.2. The molecule has 0 aliphatic heterocycles. The number of amides is 2. The number of hydrogen-bond acceptors (Lipinski definition) is 4. The van der Waals surface area contributed by atoms with Crippen LogP contribution in [0, 0.1) is 11.3 Å². The number of hydrogen-bond donors (Lipinski definition) is 2. The van der Waals surface area contributed by atoms with Gasteiger partial charge in [0.05, 0.1) is 11.2 Å². The summed E-state index contributed by atoms with van der Waals surface area (Å²) in [6.45, 7) is 0. The molecule has 0 unspecified atom stereocenters. The van der Waals surface area contributed by atoms with E-state index in [4.69, 9.17) is 5.26 Å². The van der Waals surface area contributed by atoms with Crippen LogP contribution in [-0.4, -0.2) is 16.0 Å². The average Bonchev–Trinajstić information content (AvgIpc) is 2.62. The third-order valence-electron chi connectivity index (χ3n) is 4.39. The number of anilines is 1. The molecule has 1 aliphatic rings. The van der Waals surface area contributed by atoms with Gasteiger partial charge in [-0.1, -0.05) is 41.3 Å². The number of rotatable bonds is 3. The fourth-order valence-electron chi connectivity index (χ4n) is 3.23. The van der Waals surface area contributed by atoms with E-state index in [1.54, 1.807) is 12.3 Å². The number of aromatic nitrogens is 2. The summed E-state index contributed by atoms with van der Waals surface area (Å²) in [6, 6.07) is 10.9. The van der Waals surface area contributed by atoms with Crippen LogP contribution in [0.25, 0.3) is 0 Å². The Kier molecular flexibility index (Phi) is 5.29. The SMILES string of the molecule is N#Cc1nccc(C2(NC(=O)Nc3cccc(Br)c3)CCCCC2)n1. The lowest BCUT2D eigenvalue weighted by atomic mass is 9.79. The molecule has 6 nitrogen and oxygen atoms in total. The standard InChI is InChI=1S/C18H18BrN5O/c19-13-5-4-6-14(11-13)22-17(25)24-18(8-2-1-3-9-18)15-7-10-21-16(12-20)23-15/h4-7,10-11H,1-3,8-9H2,(H2,22,24,25). The molecule has 7 heteroatoms. The molecular weight excluding hydrogens is 382 g/mol. The van der Waals surface area contributed by atoms with Crippen LogP contribution in [0.1, 0.15) is 43.6 Å². The summed E-state index contributed by atoms with van der Waals surface area (Å²) in [5.41, 5.74) is 0.837. The monoisotopic (exact) mass is 399 g/mol. The number of carbonyl (C=O) groups is 1. The summed E-state index contributed by atoms with van der Waals surface area (Å²) >= 11 is 3.39. The molecule has 1 fully saturated rings. The Bertz CT molecular complexity index is 811. The molecule has 0 spiro atoms. The Labute approximate surface area is 154 Å². The first-order valence-electron chi connectivity index (χ1n) is 8.20. The lowest BCUT2D eigenvalue weighted by molar-refractivity contribution is 0.209. The third-order valence-corrected chi connectivity index (χ3v) is 4.88. The molecule has 3 rings (SSSR count). The van der Waals surface area contributed by atoms with E-state index in [0.717, 1.165) is 36.6 Å². The molecule has 1 aromatic carbocycles. The van der Waals surface area contributed by atoms with Crippen molar-refractivity contribution in [3.8, 4) is 6.07 Å². The molecule has 1 heterocycles. The Hall–Kier alpha value is -2.46. The van der Waals surface area contributed by atoms with Crippen molar-refractivity contribution in [2.45, 2.75) is 37.6 Å². The van der Waals surface area contributed by atoms with Gasteiger partial charge in [-0.25, -0.2) is 14.8 Å². The Morgan fingerprint density at radius 1 is 1.24 bits per heavy atom. The van der Waals surface area contributed by atoms with E-state index >= 15 is 0 Å². The van der Waals surface area contributed by atoms with Crippen molar-refractivity contribution in [1.82, 2.24) is 15.3 Å². The van der Waals surface area contributed by atoms with Gasteiger partial charge in [0.1, 0.15) is 6.07 Å². The van der Waals surface area contributed by atoms with E-state index in [1.165, 1.54) is 0 Å². The number of carbonyl (C=O) groups excluding carboxylic acids is 1. The number of halogens is 1. The highest BCUT2D eigenvalue weighted by molar-refractivity contribution is 9.10. The first-order chi connectivity index (χ1) is 12.1. The fraction of sp³-hybridized carbons (Fsp3) is 0.333. The maximum atomic E-state index is 12.6. The van der Waals surface area contributed by atoms with Crippen molar-refractivity contribution >= 4 is 27.6 Å². The van der Waals surface area contributed by atoms with Gasteiger partial charge in [0, 0.05) is 16.4 Å². The largest absolute Gasteiger partial charge is 0.327 e. The van der Waals surface area contributed by atoms with Crippen molar-refractivity contribution in [2.24, 2.45) is 0 Å². The molecule has 2 amide bonds. The van der Waals surface area contributed by atoms with Gasteiger partial charge < -0.3 is 10.6 Å². The Balaban J connectivity index is 1.83. The zero-order valence-electron chi connectivity index (χ0n) is 13.6. The van der Waals surface area contributed by atoms with E-state index in [9.17, 15) is 4.79 Å². The molecule has 0 bridgehead atoms. The van der Waals surface area contributed by atoms with Gasteiger partial charge in [-0.3, -0.25) is 0 Å². The first-order valence-corrected chi connectivity index (χ1v) is 8.99. The van der Waals surface area contributed by atoms with Crippen molar-refractivity contribution in [1.29, 1.82) is 5.26 Å². The maximum absolute atomic E-state index is 12.6. The molecule has 1 aromatic heterocycles. The third kappa shape index (κ3) is 4.15. The summed E-state index contributed by atoms with van der Waals surface area (Å²) in [6.07, 6.45) is 6.30. The molecule has 2 N–H and O–H groups in total. The first kappa shape index (κ1) is 17.4. The molecule has 0 radical (unpaired) electrons. The summed E-state index contributed by atoms with van der Waals surface area (Å²) in [5, 5.41) is 15.0. The summed E-state index contributed by atoms with van der Waals surface area (Å²) in [5.74, 6) is 0.122. The van der Waals surface area contributed by atoms with Gasteiger partial charge in [-0.05, 0) is 37.1 Å². The van der Waals surface area contributed by atoms with Gasteiger partial charge in [0.15, 0.2) is 0 Å². The van der Waals surface area contributed by atoms with Crippen LogP contribution in [0.3, 0.4) is 0 Å². The second-order valence-corrected chi connectivity index (χ2v) is 7.03. The predicted molar refractivity (Wildman–Crippen MR) is 97.8 cm³/mol. The van der Waals surface area contributed by atoms with Crippen LogP contribution in [0.5, 0.6) is 0 Å². The number of urea groups is 1. The molecule has 1 aliphatic carbocycles. The van der Waals surface area contributed by atoms with E-state index in [0.29, 0.717) is 11.4 Å². The molecule has 128 valence electrons. The highest BCUT2D eigenvalue weighted by Crippen LogP contribution is 2.36.